The van der Waals surface area contributed by atoms with Gasteiger partial charge in [-0.3, -0.25) is 4.79 Å². The Morgan fingerprint density at radius 2 is 1.94 bits per heavy atom. The highest BCUT2D eigenvalue weighted by Crippen LogP contribution is 2.26. The first-order valence-corrected chi connectivity index (χ1v) is 10.3. The summed E-state index contributed by atoms with van der Waals surface area (Å²) in [6.45, 7) is 3.68. The lowest BCUT2D eigenvalue weighted by molar-refractivity contribution is -0.112. The van der Waals surface area contributed by atoms with Gasteiger partial charge in [0.05, 0.1) is 10.6 Å². The molecular formula is C23H17BrClN3O3. The third kappa shape index (κ3) is 4.88. The molecule has 0 fully saturated rings. The molecule has 1 heterocycles. The molecule has 1 aromatic heterocycles. The molecule has 0 spiro atoms. The summed E-state index contributed by atoms with van der Waals surface area (Å²) in [7, 11) is 0. The number of anilines is 1. The van der Waals surface area contributed by atoms with Crippen molar-refractivity contribution in [3.63, 3.8) is 0 Å². The molecule has 0 aliphatic heterocycles. The number of carboxylic acids is 1. The van der Waals surface area contributed by atoms with Crippen molar-refractivity contribution in [3.8, 4) is 11.8 Å². The van der Waals surface area contributed by atoms with E-state index in [-0.39, 0.29) is 16.2 Å². The van der Waals surface area contributed by atoms with Gasteiger partial charge in [0, 0.05) is 27.2 Å². The number of aromatic carboxylic acids is 1. The number of carboxylic acid groups (broad SMARTS) is 1. The van der Waals surface area contributed by atoms with Crippen LogP contribution in [0.4, 0.5) is 5.69 Å². The summed E-state index contributed by atoms with van der Waals surface area (Å²) >= 11 is 9.32. The Morgan fingerprint density at radius 3 is 2.58 bits per heavy atom. The number of rotatable bonds is 5. The first-order chi connectivity index (χ1) is 14.7. The highest BCUT2D eigenvalue weighted by Gasteiger charge is 2.16. The van der Waals surface area contributed by atoms with E-state index in [2.05, 4.69) is 21.2 Å². The van der Waals surface area contributed by atoms with Crippen molar-refractivity contribution in [1.82, 2.24) is 4.57 Å². The Hall–Kier alpha value is -3.34. The van der Waals surface area contributed by atoms with Crippen molar-refractivity contribution in [1.29, 1.82) is 5.26 Å². The SMILES string of the molecule is Cc1cc(/C=C(\C#N)C(=O)Nc2cccc(Br)c2)c(C)n1-c1ccc(Cl)c(C(=O)O)c1. The van der Waals surface area contributed by atoms with Gasteiger partial charge in [0.1, 0.15) is 11.6 Å². The van der Waals surface area contributed by atoms with E-state index in [1.54, 1.807) is 24.3 Å². The summed E-state index contributed by atoms with van der Waals surface area (Å²) in [5.74, 6) is -1.64. The molecule has 0 aliphatic rings. The normalized spacial score (nSPS) is 11.1. The highest BCUT2D eigenvalue weighted by atomic mass is 79.9. The lowest BCUT2D eigenvalue weighted by Crippen LogP contribution is -2.13. The monoisotopic (exact) mass is 497 g/mol. The minimum absolute atomic E-state index is 0.00475. The Labute approximate surface area is 192 Å². The average Bonchev–Trinajstić information content (AvgIpc) is 2.99. The fourth-order valence-electron chi connectivity index (χ4n) is 3.22. The number of benzene rings is 2. The van der Waals surface area contributed by atoms with Gasteiger partial charge in [-0.2, -0.15) is 5.26 Å². The summed E-state index contributed by atoms with van der Waals surface area (Å²) in [5, 5.41) is 21.7. The van der Waals surface area contributed by atoms with Gasteiger partial charge in [0.25, 0.3) is 5.91 Å². The Kier molecular flexibility index (Phi) is 6.64. The number of nitriles is 1. The number of aromatic nitrogens is 1. The van der Waals surface area contributed by atoms with Gasteiger partial charge >= 0.3 is 5.97 Å². The minimum atomic E-state index is -1.12. The van der Waals surface area contributed by atoms with Crippen molar-refractivity contribution in [2.24, 2.45) is 0 Å². The number of amides is 1. The maximum atomic E-state index is 12.6. The van der Waals surface area contributed by atoms with Gasteiger partial charge in [-0.05, 0) is 68.0 Å². The summed E-state index contributed by atoms with van der Waals surface area (Å²) in [6, 6.07) is 15.6. The van der Waals surface area contributed by atoms with Crippen LogP contribution in [0.15, 0.2) is 58.6 Å². The first kappa shape index (κ1) is 22.3. The topological polar surface area (TPSA) is 95.1 Å². The fraction of sp³-hybridized carbons (Fsp3) is 0.0870. The van der Waals surface area contributed by atoms with Crippen LogP contribution in [0.1, 0.15) is 27.3 Å². The summed E-state index contributed by atoms with van der Waals surface area (Å²) in [4.78, 5) is 24.0. The van der Waals surface area contributed by atoms with Crippen molar-refractivity contribution >= 4 is 51.2 Å². The van der Waals surface area contributed by atoms with E-state index < -0.39 is 11.9 Å². The first-order valence-electron chi connectivity index (χ1n) is 9.12. The van der Waals surface area contributed by atoms with E-state index >= 15 is 0 Å². The smallest absolute Gasteiger partial charge is 0.337 e. The van der Waals surface area contributed by atoms with E-state index in [9.17, 15) is 20.0 Å². The minimum Gasteiger partial charge on any atom is -0.478 e. The molecule has 0 aliphatic carbocycles. The molecule has 0 radical (unpaired) electrons. The molecule has 2 N–H and O–H groups in total. The van der Waals surface area contributed by atoms with Crippen LogP contribution in [0.3, 0.4) is 0 Å². The molecule has 0 unspecified atom stereocenters. The molecular weight excluding hydrogens is 482 g/mol. The molecule has 1 amide bonds. The standard InChI is InChI=1S/C23H17BrClN3O3/c1-13-8-15(9-16(12-26)22(29)27-18-5-3-4-17(24)10-18)14(2)28(13)19-6-7-21(25)20(11-19)23(30)31/h3-11H,1-2H3,(H,27,29)(H,30,31)/b16-9+. The van der Waals surface area contributed by atoms with Crippen molar-refractivity contribution in [2.45, 2.75) is 13.8 Å². The third-order valence-electron chi connectivity index (χ3n) is 4.66. The number of nitrogens with one attached hydrogen (secondary N) is 1. The van der Waals surface area contributed by atoms with Crippen LogP contribution >= 0.6 is 27.5 Å². The second-order valence-corrected chi connectivity index (χ2v) is 8.09. The highest BCUT2D eigenvalue weighted by molar-refractivity contribution is 9.10. The largest absolute Gasteiger partial charge is 0.478 e. The zero-order chi connectivity index (χ0) is 22.7. The van der Waals surface area contributed by atoms with Gasteiger partial charge in [0.15, 0.2) is 0 Å². The van der Waals surface area contributed by atoms with Crippen LogP contribution in [0.5, 0.6) is 0 Å². The van der Waals surface area contributed by atoms with E-state index in [0.717, 1.165) is 15.9 Å². The maximum Gasteiger partial charge on any atom is 0.337 e. The van der Waals surface area contributed by atoms with E-state index in [1.165, 1.54) is 18.2 Å². The molecule has 8 heteroatoms. The predicted octanol–water partition coefficient (Wildman–Crippen LogP) is 5.75. The summed E-state index contributed by atoms with van der Waals surface area (Å²) in [5.41, 5.74) is 3.36. The van der Waals surface area contributed by atoms with Crippen LogP contribution in [0.2, 0.25) is 5.02 Å². The molecule has 0 bridgehead atoms. The summed E-state index contributed by atoms with van der Waals surface area (Å²) in [6.07, 6.45) is 1.51. The average molecular weight is 499 g/mol. The predicted molar refractivity (Wildman–Crippen MR) is 124 cm³/mol. The van der Waals surface area contributed by atoms with Crippen LogP contribution in [-0.4, -0.2) is 21.6 Å². The molecule has 3 rings (SSSR count). The second kappa shape index (κ2) is 9.21. The zero-order valence-corrected chi connectivity index (χ0v) is 19.0. The number of halogens is 2. The number of carbonyl (C=O) groups is 2. The number of carbonyl (C=O) groups excluding carboxylic acids is 1. The third-order valence-corrected chi connectivity index (χ3v) is 5.48. The quantitative estimate of drug-likeness (QED) is 0.346. The van der Waals surface area contributed by atoms with Gasteiger partial charge in [-0.1, -0.05) is 33.6 Å². The van der Waals surface area contributed by atoms with Crippen molar-refractivity contribution in [2.75, 3.05) is 5.32 Å². The number of hydrogen-bond donors (Lipinski definition) is 2. The molecule has 3 aromatic rings. The molecule has 156 valence electrons. The molecule has 0 saturated carbocycles. The van der Waals surface area contributed by atoms with Gasteiger partial charge < -0.3 is 15.0 Å². The van der Waals surface area contributed by atoms with Crippen LogP contribution in [0.25, 0.3) is 11.8 Å². The Morgan fingerprint density at radius 1 is 1.19 bits per heavy atom. The van der Waals surface area contributed by atoms with Gasteiger partial charge in [-0.25, -0.2) is 4.79 Å². The zero-order valence-electron chi connectivity index (χ0n) is 16.6. The molecule has 0 atom stereocenters. The van der Waals surface area contributed by atoms with Crippen molar-refractivity contribution < 1.29 is 14.7 Å². The van der Waals surface area contributed by atoms with Crippen molar-refractivity contribution in [3.05, 3.63) is 86.1 Å². The number of aryl methyl sites for hydroxylation is 1. The van der Waals surface area contributed by atoms with Gasteiger partial charge in [0.2, 0.25) is 0 Å². The molecule has 31 heavy (non-hydrogen) atoms. The second-order valence-electron chi connectivity index (χ2n) is 6.77. The van der Waals surface area contributed by atoms with E-state index in [4.69, 9.17) is 11.6 Å². The Bertz CT molecular complexity index is 1270. The summed E-state index contributed by atoms with van der Waals surface area (Å²) < 4.78 is 2.65. The van der Waals surface area contributed by atoms with E-state index in [0.29, 0.717) is 16.9 Å². The molecule has 6 nitrogen and oxygen atoms in total. The lowest BCUT2D eigenvalue weighted by atomic mass is 10.1. The van der Waals surface area contributed by atoms with Crippen LogP contribution in [0, 0.1) is 25.2 Å². The van der Waals surface area contributed by atoms with E-state index in [1.807, 2.05) is 36.6 Å². The number of hydrogen-bond acceptors (Lipinski definition) is 3. The number of nitrogens with zero attached hydrogens (tertiary/aromatic N) is 2. The maximum absolute atomic E-state index is 12.6. The Balaban J connectivity index is 1.98. The molecule has 0 saturated heterocycles. The fourth-order valence-corrected chi connectivity index (χ4v) is 3.81. The lowest BCUT2D eigenvalue weighted by Gasteiger charge is -2.11. The van der Waals surface area contributed by atoms with Crippen LogP contribution < -0.4 is 5.32 Å². The van der Waals surface area contributed by atoms with Crippen LogP contribution in [-0.2, 0) is 4.79 Å². The molecule has 2 aromatic carbocycles. The van der Waals surface area contributed by atoms with Gasteiger partial charge in [-0.15, -0.1) is 0 Å².